The van der Waals surface area contributed by atoms with Gasteiger partial charge in [-0.3, -0.25) is 9.69 Å². The van der Waals surface area contributed by atoms with E-state index in [1.165, 1.54) is 6.92 Å². The van der Waals surface area contributed by atoms with Crippen molar-refractivity contribution in [3.8, 4) is 0 Å². The Labute approximate surface area is 106 Å². The molecule has 6 heteroatoms. The molecular weight excluding hydrogens is 234 g/mol. The van der Waals surface area contributed by atoms with Gasteiger partial charge in [0.2, 0.25) is 5.89 Å². The highest BCUT2D eigenvalue weighted by Crippen LogP contribution is 2.09. The Morgan fingerprint density at radius 3 is 2.67 bits per heavy atom. The Bertz CT molecular complexity index is 408. The van der Waals surface area contributed by atoms with Gasteiger partial charge in [-0.2, -0.15) is 0 Å². The summed E-state index contributed by atoms with van der Waals surface area (Å²) < 4.78 is 5.43. The first-order chi connectivity index (χ1) is 8.56. The van der Waals surface area contributed by atoms with Crippen LogP contribution in [0.1, 0.15) is 18.6 Å². The van der Waals surface area contributed by atoms with E-state index >= 15 is 0 Å². The molecule has 0 bridgehead atoms. The number of nitrogens with zero attached hydrogens (tertiary/aromatic N) is 3. The van der Waals surface area contributed by atoms with E-state index < -0.39 is 6.10 Å². The minimum absolute atomic E-state index is 0.193. The lowest BCUT2D eigenvalue weighted by Gasteiger charge is -2.34. The molecule has 1 saturated heterocycles. The molecule has 1 amide bonds. The predicted octanol–water partition coefficient (Wildman–Crippen LogP) is 0.00802. The van der Waals surface area contributed by atoms with Crippen LogP contribution in [0.4, 0.5) is 0 Å². The SMILES string of the molecule is Cc1cnc(CN2CCN(C(=O)C(C)O)CC2)o1. The maximum absolute atomic E-state index is 11.6. The molecule has 1 unspecified atom stereocenters. The van der Waals surface area contributed by atoms with Crippen LogP contribution in [0.25, 0.3) is 0 Å². The lowest BCUT2D eigenvalue weighted by Crippen LogP contribution is -2.50. The number of rotatable bonds is 3. The molecule has 0 radical (unpaired) electrons. The van der Waals surface area contributed by atoms with Crippen LogP contribution in [0.3, 0.4) is 0 Å². The second-order valence-corrected chi connectivity index (χ2v) is 4.64. The molecule has 1 fully saturated rings. The van der Waals surface area contributed by atoms with Gasteiger partial charge in [0.1, 0.15) is 11.9 Å². The minimum atomic E-state index is -0.911. The number of aromatic nitrogens is 1. The third-order valence-corrected chi connectivity index (χ3v) is 3.07. The standard InChI is InChI=1S/C12H19N3O3/c1-9-7-13-11(18-9)8-14-3-5-15(6-4-14)12(17)10(2)16/h7,10,16H,3-6,8H2,1-2H3. The Balaban J connectivity index is 1.82. The zero-order valence-electron chi connectivity index (χ0n) is 10.8. The number of carbonyl (C=O) groups is 1. The summed E-state index contributed by atoms with van der Waals surface area (Å²) in [6.45, 7) is 6.89. The lowest BCUT2D eigenvalue weighted by molar-refractivity contribution is -0.141. The smallest absolute Gasteiger partial charge is 0.251 e. The second kappa shape index (κ2) is 5.49. The molecular formula is C12H19N3O3. The van der Waals surface area contributed by atoms with E-state index in [0.29, 0.717) is 25.5 Å². The van der Waals surface area contributed by atoms with Gasteiger partial charge < -0.3 is 14.4 Å². The van der Waals surface area contributed by atoms with E-state index in [-0.39, 0.29) is 5.91 Å². The van der Waals surface area contributed by atoms with Crippen molar-refractivity contribution < 1.29 is 14.3 Å². The molecule has 0 spiro atoms. The summed E-state index contributed by atoms with van der Waals surface area (Å²) in [5.74, 6) is 1.33. The number of amides is 1. The Morgan fingerprint density at radius 1 is 1.50 bits per heavy atom. The van der Waals surface area contributed by atoms with Gasteiger partial charge in [0.05, 0.1) is 12.7 Å². The van der Waals surface area contributed by atoms with Crippen LogP contribution in [0.2, 0.25) is 0 Å². The summed E-state index contributed by atoms with van der Waals surface area (Å²) in [5.41, 5.74) is 0. The van der Waals surface area contributed by atoms with E-state index in [9.17, 15) is 9.90 Å². The first-order valence-electron chi connectivity index (χ1n) is 6.17. The quantitative estimate of drug-likeness (QED) is 0.821. The predicted molar refractivity (Wildman–Crippen MR) is 64.8 cm³/mol. The summed E-state index contributed by atoms with van der Waals surface area (Å²) in [7, 11) is 0. The van der Waals surface area contributed by atoms with Gasteiger partial charge >= 0.3 is 0 Å². The molecule has 100 valence electrons. The van der Waals surface area contributed by atoms with Gasteiger partial charge in [-0.15, -0.1) is 0 Å². The molecule has 1 aromatic heterocycles. The largest absolute Gasteiger partial charge is 0.445 e. The van der Waals surface area contributed by atoms with Crippen molar-refractivity contribution >= 4 is 5.91 Å². The summed E-state index contributed by atoms with van der Waals surface area (Å²) in [4.78, 5) is 19.6. The summed E-state index contributed by atoms with van der Waals surface area (Å²) in [5, 5.41) is 9.25. The van der Waals surface area contributed by atoms with Gasteiger partial charge in [-0.1, -0.05) is 0 Å². The Morgan fingerprint density at radius 2 is 2.17 bits per heavy atom. The first kappa shape index (κ1) is 13.0. The first-order valence-corrected chi connectivity index (χ1v) is 6.17. The molecule has 2 rings (SSSR count). The van der Waals surface area contributed by atoms with Crippen molar-refractivity contribution in [3.63, 3.8) is 0 Å². The summed E-state index contributed by atoms with van der Waals surface area (Å²) >= 11 is 0. The van der Waals surface area contributed by atoms with Crippen LogP contribution in [-0.2, 0) is 11.3 Å². The van der Waals surface area contributed by atoms with Gasteiger partial charge in [0, 0.05) is 26.2 Å². The molecule has 0 aliphatic carbocycles. The fourth-order valence-corrected chi connectivity index (χ4v) is 2.06. The monoisotopic (exact) mass is 253 g/mol. The number of aliphatic hydroxyl groups excluding tert-OH is 1. The van der Waals surface area contributed by atoms with Crippen LogP contribution in [0, 0.1) is 6.92 Å². The molecule has 1 N–H and O–H groups in total. The normalized spacial score (nSPS) is 18.9. The average Bonchev–Trinajstić information content (AvgIpc) is 2.75. The number of carbonyl (C=O) groups excluding carboxylic acids is 1. The van der Waals surface area contributed by atoms with E-state index in [1.807, 2.05) is 6.92 Å². The number of piperazine rings is 1. The third kappa shape index (κ3) is 3.08. The van der Waals surface area contributed by atoms with Crippen molar-refractivity contribution in [2.75, 3.05) is 26.2 Å². The highest BCUT2D eigenvalue weighted by Gasteiger charge is 2.24. The van der Waals surface area contributed by atoms with E-state index in [4.69, 9.17) is 4.42 Å². The number of aliphatic hydroxyl groups is 1. The number of hydrogen-bond donors (Lipinski definition) is 1. The zero-order valence-corrected chi connectivity index (χ0v) is 10.8. The van der Waals surface area contributed by atoms with Crippen LogP contribution >= 0.6 is 0 Å². The van der Waals surface area contributed by atoms with Crippen molar-refractivity contribution in [1.29, 1.82) is 0 Å². The molecule has 6 nitrogen and oxygen atoms in total. The molecule has 0 saturated carbocycles. The highest BCUT2D eigenvalue weighted by molar-refractivity contribution is 5.80. The van der Waals surface area contributed by atoms with Crippen LogP contribution < -0.4 is 0 Å². The fourth-order valence-electron chi connectivity index (χ4n) is 2.06. The van der Waals surface area contributed by atoms with Gasteiger partial charge in [0.15, 0.2) is 0 Å². The maximum Gasteiger partial charge on any atom is 0.251 e. The van der Waals surface area contributed by atoms with E-state index in [1.54, 1.807) is 11.1 Å². The molecule has 0 aromatic carbocycles. The van der Waals surface area contributed by atoms with Crippen molar-refractivity contribution in [3.05, 3.63) is 17.8 Å². The van der Waals surface area contributed by atoms with E-state index in [0.717, 1.165) is 18.8 Å². The highest BCUT2D eigenvalue weighted by atomic mass is 16.4. The second-order valence-electron chi connectivity index (χ2n) is 4.64. The number of oxazole rings is 1. The van der Waals surface area contributed by atoms with Gasteiger partial charge in [-0.05, 0) is 13.8 Å². The van der Waals surface area contributed by atoms with Crippen LogP contribution in [-0.4, -0.2) is 58.1 Å². The topological polar surface area (TPSA) is 69.8 Å². The minimum Gasteiger partial charge on any atom is -0.445 e. The molecule has 1 atom stereocenters. The van der Waals surface area contributed by atoms with E-state index in [2.05, 4.69) is 9.88 Å². The Kier molecular flexibility index (Phi) is 3.98. The molecule has 18 heavy (non-hydrogen) atoms. The average molecular weight is 253 g/mol. The summed E-state index contributed by atoms with van der Waals surface area (Å²) in [6, 6.07) is 0. The number of aryl methyl sites for hydroxylation is 1. The number of hydrogen-bond acceptors (Lipinski definition) is 5. The fraction of sp³-hybridized carbons (Fsp3) is 0.667. The summed E-state index contributed by atoms with van der Waals surface area (Å²) in [6.07, 6.45) is 0.800. The van der Waals surface area contributed by atoms with Gasteiger partial charge in [-0.25, -0.2) is 4.98 Å². The third-order valence-electron chi connectivity index (χ3n) is 3.07. The van der Waals surface area contributed by atoms with Crippen LogP contribution in [0.15, 0.2) is 10.6 Å². The van der Waals surface area contributed by atoms with Crippen LogP contribution in [0.5, 0.6) is 0 Å². The van der Waals surface area contributed by atoms with Crippen molar-refractivity contribution in [1.82, 2.24) is 14.8 Å². The molecule has 1 aromatic rings. The molecule has 1 aliphatic heterocycles. The molecule has 1 aliphatic rings. The Hall–Kier alpha value is -1.40. The van der Waals surface area contributed by atoms with Crippen molar-refractivity contribution in [2.45, 2.75) is 26.5 Å². The van der Waals surface area contributed by atoms with Crippen molar-refractivity contribution in [2.24, 2.45) is 0 Å². The van der Waals surface area contributed by atoms with Gasteiger partial charge in [0.25, 0.3) is 5.91 Å². The maximum atomic E-state index is 11.6. The molecule has 2 heterocycles. The zero-order chi connectivity index (χ0) is 13.1. The lowest BCUT2D eigenvalue weighted by atomic mass is 10.2.